The highest BCUT2D eigenvalue weighted by molar-refractivity contribution is 7.92. The van der Waals surface area contributed by atoms with Crippen LogP contribution in [0.1, 0.15) is 55.7 Å². The predicted octanol–water partition coefficient (Wildman–Crippen LogP) is 5.37. The van der Waals surface area contributed by atoms with Crippen LogP contribution in [0.3, 0.4) is 0 Å². The number of benzene rings is 3. The minimum absolute atomic E-state index is 0.0862. The maximum Gasteiger partial charge on any atom is 0.264 e. The quantitative estimate of drug-likeness (QED) is 0.305. The van der Waals surface area contributed by atoms with Crippen LogP contribution in [0, 0.1) is 13.8 Å². The lowest BCUT2D eigenvalue weighted by atomic mass is 10.1. The normalized spacial score (nSPS) is 14.3. The fourth-order valence-electron chi connectivity index (χ4n) is 5.57. The van der Waals surface area contributed by atoms with Crippen LogP contribution >= 0.6 is 0 Å². The topological polar surface area (TPSA) is 96.0 Å². The molecule has 8 nitrogen and oxygen atoms in total. The second kappa shape index (κ2) is 13.9. The molecule has 1 aliphatic carbocycles. The van der Waals surface area contributed by atoms with Gasteiger partial charge in [-0.05, 0) is 74.6 Å². The molecular weight excluding hydrogens is 550 g/mol. The minimum atomic E-state index is -4.11. The van der Waals surface area contributed by atoms with E-state index in [2.05, 4.69) is 5.32 Å². The fraction of sp³-hybridized carbons (Fsp3) is 0.394. The van der Waals surface area contributed by atoms with Gasteiger partial charge in [0, 0.05) is 12.6 Å². The van der Waals surface area contributed by atoms with Crippen LogP contribution in [-0.4, -0.2) is 50.9 Å². The van der Waals surface area contributed by atoms with E-state index in [0.717, 1.165) is 42.4 Å². The Hall–Kier alpha value is -3.85. The van der Waals surface area contributed by atoms with Crippen molar-refractivity contribution < 1.29 is 22.7 Å². The van der Waals surface area contributed by atoms with Crippen molar-refractivity contribution in [2.75, 3.05) is 18.0 Å². The van der Waals surface area contributed by atoms with E-state index >= 15 is 0 Å². The zero-order valence-electron chi connectivity index (χ0n) is 24.9. The van der Waals surface area contributed by atoms with Gasteiger partial charge in [0.2, 0.25) is 11.8 Å². The summed E-state index contributed by atoms with van der Waals surface area (Å²) in [5.74, 6) is -0.0535. The number of hydrogen-bond donors (Lipinski definition) is 1. The summed E-state index contributed by atoms with van der Waals surface area (Å²) < 4.78 is 34.6. The number of nitrogens with one attached hydrogen (secondary N) is 1. The third-order valence-corrected chi connectivity index (χ3v) is 9.58. The second-order valence-corrected chi connectivity index (χ2v) is 12.8. The van der Waals surface area contributed by atoms with E-state index in [-0.39, 0.29) is 23.4 Å². The number of anilines is 1. The van der Waals surface area contributed by atoms with Gasteiger partial charge in [-0.3, -0.25) is 13.9 Å². The van der Waals surface area contributed by atoms with Crippen LogP contribution in [0.2, 0.25) is 0 Å². The molecule has 3 aromatic rings. The van der Waals surface area contributed by atoms with Crippen molar-refractivity contribution in [2.24, 2.45) is 0 Å². The van der Waals surface area contributed by atoms with Crippen molar-refractivity contribution >= 4 is 27.5 Å². The number of nitrogens with zero attached hydrogens (tertiary/aromatic N) is 2. The summed E-state index contributed by atoms with van der Waals surface area (Å²) in [6.45, 7) is 5.30. The Labute approximate surface area is 249 Å². The van der Waals surface area contributed by atoms with Crippen molar-refractivity contribution in [1.29, 1.82) is 0 Å². The highest BCUT2D eigenvalue weighted by Gasteiger charge is 2.35. The average Bonchev–Trinajstić information content (AvgIpc) is 3.49. The number of aryl methyl sites for hydroxylation is 2. The number of carbonyl (C=O) groups is 2. The molecule has 224 valence electrons. The number of carbonyl (C=O) groups excluding carboxylic acids is 2. The van der Waals surface area contributed by atoms with E-state index < -0.39 is 28.5 Å². The summed E-state index contributed by atoms with van der Waals surface area (Å²) in [6, 6.07) is 20.2. The molecule has 0 heterocycles. The summed E-state index contributed by atoms with van der Waals surface area (Å²) in [6.07, 6.45) is 4.35. The maximum atomic E-state index is 14.3. The SMILES string of the molecule is CC[C@H](C(=O)NC1CCCC1)N(Cc1cccc(OC)c1)C(=O)CN(c1ccc(C)cc1C)S(=O)(=O)c1ccccc1. The van der Waals surface area contributed by atoms with Crippen molar-refractivity contribution in [3.63, 3.8) is 0 Å². The third kappa shape index (κ3) is 7.31. The van der Waals surface area contributed by atoms with E-state index in [1.165, 1.54) is 21.3 Å². The molecule has 0 aromatic heterocycles. The van der Waals surface area contributed by atoms with Gasteiger partial charge in [0.25, 0.3) is 10.0 Å². The summed E-state index contributed by atoms with van der Waals surface area (Å²) in [4.78, 5) is 29.5. The standard InChI is InChI=1S/C33H41N3O5S/c1-5-30(33(38)34-27-13-9-10-14-27)35(22-26-12-11-15-28(21-26)41-4)32(37)23-36(31-19-18-24(2)20-25(31)3)42(39,40)29-16-7-6-8-17-29/h6-8,11-12,15-21,27,30H,5,9-10,13-14,22-23H2,1-4H3,(H,34,38)/t30-/m1/s1. The Bertz CT molecular complexity index is 1490. The molecule has 1 atom stereocenters. The van der Waals surface area contributed by atoms with E-state index in [4.69, 9.17) is 4.74 Å². The molecule has 0 saturated heterocycles. The smallest absolute Gasteiger partial charge is 0.264 e. The third-order valence-electron chi connectivity index (χ3n) is 7.81. The van der Waals surface area contributed by atoms with Gasteiger partial charge in [0.1, 0.15) is 18.3 Å². The summed E-state index contributed by atoms with van der Waals surface area (Å²) in [7, 11) is -2.54. The van der Waals surface area contributed by atoms with E-state index in [1.54, 1.807) is 31.4 Å². The van der Waals surface area contributed by atoms with Crippen LogP contribution in [0.4, 0.5) is 5.69 Å². The second-order valence-electron chi connectivity index (χ2n) is 10.9. The molecule has 0 aliphatic heterocycles. The van der Waals surface area contributed by atoms with Gasteiger partial charge in [-0.2, -0.15) is 0 Å². The number of hydrogen-bond acceptors (Lipinski definition) is 5. The van der Waals surface area contributed by atoms with Crippen LogP contribution in [0.25, 0.3) is 0 Å². The summed E-state index contributed by atoms with van der Waals surface area (Å²) in [5.41, 5.74) is 2.91. The summed E-state index contributed by atoms with van der Waals surface area (Å²) in [5, 5.41) is 3.14. The first-order valence-electron chi connectivity index (χ1n) is 14.5. The van der Waals surface area contributed by atoms with Crippen molar-refractivity contribution in [1.82, 2.24) is 10.2 Å². The van der Waals surface area contributed by atoms with E-state index in [9.17, 15) is 18.0 Å². The lowest BCUT2D eigenvalue weighted by molar-refractivity contribution is -0.140. The molecule has 0 unspecified atom stereocenters. The van der Waals surface area contributed by atoms with Crippen molar-refractivity contribution in [3.05, 3.63) is 89.5 Å². The number of rotatable bonds is 12. The van der Waals surface area contributed by atoms with Gasteiger partial charge in [0.15, 0.2) is 0 Å². The van der Waals surface area contributed by atoms with Crippen molar-refractivity contribution in [2.45, 2.75) is 76.4 Å². The molecule has 1 aliphatic rings. The Balaban J connectivity index is 1.74. The number of amides is 2. The summed E-state index contributed by atoms with van der Waals surface area (Å²) >= 11 is 0. The van der Waals surface area contributed by atoms with Crippen LogP contribution in [-0.2, 0) is 26.2 Å². The zero-order chi connectivity index (χ0) is 30.3. The highest BCUT2D eigenvalue weighted by Crippen LogP contribution is 2.29. The van der Waals surface area contributed by atoms with Gasteiger partial charge in [-0.25, -0.2) is 8.42 Å². The number of ether oxygens (including phenoxy) is 1. The molecule has 4 rings (SSSR count). The van der Waals surface area contributed by atoms with Crippen molar-refractivity contribution in [3.8, 4) is 5.75 Å². The highest BCUT2D eigenvalue weighted by atomic mass is 32.2. The van der Waals surface area contributed by atoms with Crippen LogP contribution in [0.15, 0.2) is 77.7 Å². The molecule has 1 saturated carbocycles. The zero-order valence-corrected chi connectivity index (χ0v) is 25.7. The Morgan fingerprint density at radius 1 is 0.976 bits per heavy atom. The first-order chi connectivity index (χ1) is 20.1. The number of sulfonamides is 1. The Kier molecular flexibility index (Phi) is 10.3. The molecule has 0 radical (unpaired) electrons. The Morgan fingerprint density at radius 2 is 1.69 bits per heavy atom. The Morgan fingerprint density at radius 3 is 2.33 bits per heavy atom. The monoisotopic (exact) mass is 591 g/mol. The first kappa shape index (κ1) is 31.1. The van der Waals surface area contributed by atoms with E-state index in [0.29, 0.717) is 17.9 Å². The largest absolute Gasteiger partial charge is 0.497 e. The molecule has 1 N–H and O–H groups in total. The maximum absolute atomic E-state index is 14.3. The minimum Gasteiger partial charge on any atom is -0.497 e. The van der Waals surface area contributed by atoms with Crippen LogP contribution in [0.5, 0.6) is 5.75 Å². The van der Waals surface area contributed by atoms with Gasteiger partial charge in [-0.15, -0.1) is 0 Å². The van der Waals surface area contributed by atoms with E-state index in [1.807, 2.05) is 57.2 Å². The average molecular weight is 592 g/mol. The molecule has 3 aromatic carbocycles. The lowest BCUT2D eigenvalue weighted by Gasteiger charge is -2.34. The molecule has 9 heteroatoms. The van der Waals surface area contributed by atoms with Gasteiger partial charge < -0.3 is 15.0 Å². The lowest BCUT2D eigenvalue weighted by Crippen LogP contribution is -2.53. The molecular formula is C33H41N3O5S. The molecule has 1 fully saturated rings. The number of methoxy groups -OCH3 is 1. The first-order valence-corrected chi connectivity index (χ1v) is 16.0. The van der Waals surface area contributed by atoms with Gasteiger partial charge in [-0.1, -0.05) is 67.8 Å². The van der Waals surface area contributed by atoms with Gasteiger partial charge in [0.05, 0.1) is 17.7 Å². The fourth-order valence-corrected chi connectivity index (χ4v) is 7.07. The van der Waals surface area contributed by atoms with Gasteiger partial charge >= 0.3 is 0 Å². The molecule has 0 bridgehead atoms. The predicted molar refractivity (Wildman–Crippen MR) is 165 cm³/mol. The molecule has 42 heavy (non-hydrogen) atoms. The molecule has 2 amide bonds. The molecule has 0 spiro atoms. The van der Waals surface area contributed by atoms with Crippen LogP contribution < -0.4 is 14.4 Å².